The van der Waals surface area contributed by atoms with Crippen molar-refractivity contribution in [1.82, 2.24) is 14.7 Å². The van der Waals surface area contributed by atoms with E-state index < -0.39 is 47.4 Å². The molecule has 0 bridgehead atoms. The summed E-state index contributed by atoms with van der Waals surface area (Å²) in [7, 11) is 0. The first-order chi connectivity index (χ1) is 31.4. The number of benzene rings is 5. The molecular weight excluding hydrogens is 813 g/mol. The summed E-state index contributed by atoms with van der Waals surface area (Å²) in [5.74, 6) is 5.57. The fraction of sp³-hybridized carbons (Fsp3) is 0.314. The smallest absolute Gasteiger partial charge is 0.324 e. The Morgan fingerprint density at radius 3 is 2.25 bits per heavy atom. The van der Waals surface area contributed by atoms with Crippen LogP contribution in [0.3, 0.4) is 0 Å². The van der Waals surface area contributed by atoms with Crippen LogP contribution < -0.4 is 19.5 Å². The fourth-order valence-corrected chi connectivity index (χ4v) is 10.4. The predicted octanol–water partition coefficient (Wildman–Crippen LogP) is 5.14. The van der Waals surface area contributed by atoms with Crippen molar-refractivity contribution in [2.24, 2.45) is 5.92 Å². The van der Waals surface area contributed by atoms with Crippen molar-refractivity contribution < 1.29 is 43.5 Å². The molecule has 13 nitrogen and oxygen atoms in total. The third kappa shape index (κ3) is 7.22. The van der Waals surface area contributed by atoms with Gasteiger partial charge < -0.3 is 39.4 Å². The Morgan fingerprint density at radius 1 is 0.781 bits per heavy atom. The first-order valence-electron chi connectivity index (χ1n) is 21.8. The number of ether oxygens (including phenoxy) is 4. The van der Waals surface area contributed by atoms with Crippen LogP contribution >= 0.6 is 0 Å². The summed E-state index contributed by atoms with van der Waals surface area (Å²) in [5.41, 5.74) is 3.40. The van der Waals surface area contributed by atoms with Gasteiger partial charge in [-0.15, -0.1) is 0 Å². The highest BCUT2D eigenvalue weighted by Gasteiger charge is 2.74. The summed E-state index contributed by atoms with van der Waals surface area (Å²) in [4.78, 5) is 52.9. The molecule has 5 aliphatic heterocycles. The average molecular weight is 861 g/mol. The van der Waals surface area contributed by atoms with Crippen molar-refractivity contribution in [3.8, 4) is 29.1 Å². The normalized spacial score (nSPS) is 24.7. The van der Waals surface area contributed by atoms with Crippen molar-refractivity contribution in [1.29, 1.82) is 0 Å². The number of hydrogen-bond donors (Lipinski definition) is 3. The monoisotopic (exact) mass is 860 g/mol. The highest BCUT2D eigenvalue weighted by atomic mass is 16.7. The van der Waals surface area contributed by atoms with Crippen molar-refractivity contribution in [2.75, 3.05) is 58.1 Å². The molecule has 1 spiro atoms. The summed E-state index contributed by atoms with van der Waals surface area (Å²) in [6.07, 6.45) is -0.539. The first-order valence-corrected chi connectivity index (χ1v) is 21.8. The summed E-state index contributed by atoms with van der Waals surface area (Å²) in [5, 5.41) is 22.3. The van der Waals surface area contributed by atoms with Gasteiger partial charge >= 0.3 is 5.97 Å². The largest absolute Gasteiger partial charge is 0.491 e. The average Bonchev–Trinajstić information content (AvgIpc) is 4.01. The maximum atomic E-state index is 15.9. The molecule has 326 valence electrons. The number of nitrogens with one attached hydrogen (secondary N) is 1. The number of amides is 2. The van der Waals surface area contributed by atoms with Crippen LogP contribution in [0.2, 0.25) is 0 Å². The Labute approximate surface area is 371 Å². The topological polar surface area (TPSA) is 150 Å². The Hall–Kier alpha value is -6.69. The van der Waals surface area contributed by atoms with Crippen molar-refractivity contribution >= 4 is 23.5 Å². The van der Waals surface area contributed by atoms with E-state index >= 15 is 14.4 Å². The number of piperazine rings is 1. The zero-order chi connectivity index (χ0) is 43.8. The Balaban J connectivity index is 1.13. The van der Waals surface area contributed by atoms with Crippen LogP contribution in [-0.4, -0.2) is 102 Å². The molecule has 5 aromatic carbocycles. The van der Waals surface area contributed by atoms with Gasteiger partial charge in [-0.3, -0.25) is 24.2 Å². The van der Waals surface area contributed by atoms with E-state index in [0.717, 1.165) is 22.4 Å². The van der Waals surface area contributed by atoms with E-state index in [9.17, 15) is 10.2 Å². The maximum absolute atomic E-state index is 15.9. The van der Waals surface area contributed by atoms with E-state index in [1.54, 1.807) is 23.1 Å². The fourth-order valence-electron chi connectivity index (χ4n) is 10.4. The molecule has 3 fully saturated rings. The van der Waals surface area contributed by atoms with Gasteiger partial charge in [0.15, 0.2) is 11.5 Å². The minimum atomic E-state index is -1.67. The third-order valence-corrected chi connectivity index (χ3v) is 13.1. The van der Waals surface area contributed by atoms with Crippen LogP contribution in [0.15, 0.2) is 121 Å². The number of morpholine rings is 1. The molecule has 5 aromatic rings. The predicted molar refractivity (Wildman–Crippen MR) is 235 cm³/mol. The number of aliphatic hydroxyl groups excluding tert-OH is 2. The zero-order valence-electron chi connectivity index (χ0n) is 35.1. The first kappa shape index (κ1) is 41.3. The van der Waals surface area contributed by atoms with E-state index in [1.807, 2.05) is 103 Å². The van der Waals surface area contributed by atoms with Gasteiger partial charge in [0, 0.05) is 50.4 Å². The summed E-state index contributed by atoms with van der Waals surface area (Å²) in [6, 6.07) is 35.4. The lowest BCUT2D eigenvalue weighted by molar-refractivity contribution is -0.179. The number of esters is 1. The highest BCUT2D eigenvalue weighted by molar-refractivity contribution is 6.12. The van der Waals surface area contributed by atoms with Crippen molar-refractivity contribution in [2.45, 2.75) is 42.6 Å². The second kappa shape index (κ2) is 17.5. The standard InChI is InChI=1S/C51H48N4O9/c56-26-8-7-9-33-14-20-40-39(29-33)51(50(60)52-40)43(48(58)54-24-22-53(23-25-54)31-34-15-21-41-42(30-34)63-32-62-41)45-49(59)64-46(36-12-5-2-6-13-36)44(35-10-3-1-4-11-35)55(45)47(51)37-16-18-38(19-17-37)61-28-27-57/h1-6,10-21,29-30,43-47,56-57H,8,22-28,31-32H2,(H,52,60). The molecule has 0 aliphatic carbocycles. The number of hydrogen-bond acceptors (Lipinski definition) is 11. The summed E-state index contributed by atoms with van der Waals surface area (Å²) >= 11 is 0. The molecule has 5 aliphatic rings. The lowest BCUT2D eigenvalue weighted by Gasteiger charge is -2.46. The minimum Gasteiger partial charge on any atom is -0.491 e. The number of carbonyl (C=O) groups excluding carboxylic acids is 3. The van der Waals surface area contributed by atoms with Crippen LogP contribution in [-0.2, 0) is 31.1 Å². The van der Waals surface area contributed by atoms with Gasteiger partial charge in [-0.1, -0.05) is 90.7 Å². The Kier molecular flexibility index (Phi) is 11.3. The molecule has 5 heterocycles. The number of nitrogens with zero attached hydrogens (tertiary/aromatic N) is 3. The van der Waals surface area contributed by atoms with E-state index in [2.05, 4.69) is 27.0 Å². The molecule has 0 radical (unpaired) electrons. The molecule has 0 saturated carbocycles. The van der Waals surface area contributed by atoms with Crippen molar-refractivity contribution in [3.05, 3.63) is 155 Å². The number of cyclic esters (lactones) is 1. The van der Waals surface area contributed by atoms with Gasteiger partial charge in [-0.25, -0.2) is 0 Å². The van der Waals surface area contributed by atoms with Crippen LogP contribution in [0.4, 0.5) is 5.69 Å². The Bertz CT molecular complexity index is 2610. The van der Waals surface area contributed by atoms with Crippen LogP contribution in [0.1, 0.15) is 58.0 Å². The summed E-state index contributed by atoms with van der Waals surface area (Å²) < 4.78 is 23.5. The molecule has 6 atom stereocenters. The molecule has 3 saturated heterocycles. The molecule has 6 unspecified atom stereocenters. The van der Waals surface area contributed by atoms with Crippen LogP contribution in [0.5, 0.6) is 17.2 Å². The number of aliphatic hydroxyl groups is 2. The molecule has 2 amide bonds. The lowest BCUT2D eigenvalue weighted by atomic mass is 9.65. The molecule has 10 rings (SSSR count). The van der Waals surface area contributed by atoms with E-state index in [-0.39, 0.29) is 38.9 Å². The zero-order valence-corrected chi connectivity index (χ0v) is 35.1. The Morgan fingerprint density at radius 2 is 1.52 bits per heavy atom. The third-order valence-electron chi connectivity index (χ3n) is 13.1. The van der Waals surface area contributed by atoms with Gasteiger partial charge in [0.1, 0.15) is 29.9 Å². The quantitative estimate of drug-likeness (QED) is 0.127. The van der Waals surface area contributed by atoms with E-state index in [4.69, 9.17) is 18.9 Å². The van der Waals surface area contributed by atoms with Gasteiger partial charge in [-0.05, 0) is 70.3 Å². The number of fused-ring (bicyclic) bond motifs is 4. The number of anilines is 1. The van der Waals surface area contributed by atoms with E-state index in [0.29, 0.717) is 66.6 Å². The minimum absolute atomic E-state index is 0.0952. The second-order valence-corrected chi connectivity index (χ2v) is 16.7. The lowest BCUT2D eigenvalue weighted by Crippen LogP contribution is -2.58. The SMILES string of the molecule is O=C1OC(c2ccccc2)C(c2ccccc2)N2C1C(C(=O)N1CCN(Cc3ccc4c(c3)OCO4)CC1)C1(C(=O)Nc3ccc(C#CCCO)cc31)C2c1ccc(OCCO)cc1. The molecule has 3 N–H and O–H groups in total. The molecule has 64 heavy (non-hydrogen) atoms. The molecule has 0 aromatic heterocycles. The maximum Gasteiger partial charge on any atom is 0.324 e. The highest BCUT2D eigenvalue weighted by Crippen LogP contribution is 2.65. The molecule has 13 heteroatoms. The van der Waals surface area contributed by atoms with E-state index in [1.165, 1.54) is 0 Å². The van der Waals surface area contributed by atoms with Crippen LogP contribution in [0, 0.1) is 17.8 Å². The second-order valence-electron chi connectivity index (χ2n) is 16.7. The van der Waals surface area contributed by atoms with Gasteiger partial charge in [0.05, 0.1) is 31.2 Å². The van der Waals surface area contributed by atoms with Gasteiger partial charge in [0.25, 0.3) is 0 Å². The van der Waals surface area contributed by atoms with Crippen LogP contribution in [0.25, 0.3) is 0 Å². The number of rotatable bonds is 10. The summed E-state index contributed by atoms with van der Waals surface area (Å²) in [6.45, 7) is 2.53. The molecular formula is C51H48N4O9. The van der Waals surface area contributed by atoms with Crippen molar-refractivity contribution in [3.63, 3.8) is 0 Å². The van der Waals surface area contributed by atoms with Gasteiger partial charge in [0.2, 0.25) is 18.6 Å². The number of carbonyl (C=O) groups is 3. The van der Waals surface area contributed by atoms with Gasteiger partial charge in [-0.2, -0.15) is 0 Å².